The maximum Gasteiger partial charge on any atom is 0.308 e. The van der Waals surface area contributed by atoms with Crippen molar-refractivity contribution in [2.75, 3.05) is 6.54 Å². The van der Waals surface area contributed by atoms with Crippen molar-refractivity contribution in [3.8, 4) is 0 Å². The summed E-state index contributed by atoms with van der Waals surface area (Å²) in [6.07, 6.45) is 1.30. The van der Waals surface area contributed by atoms with Gasteiger partial charge in [0.2, 0.25) is 11.8 Å². The Morgan fingerprint density at radius 3 is 2.33 bits per heavy atom. The third kappa shape index (κ3) is 7.12. The number of benzene rings is 1. The van der Waals surface area contributed by atoms with Gasteiger partial charge in [0.15, 0.2) is 0 Å². The fraction of sp³-hybridized carbons (Fsp3) is 0.471. The van der Waals surface area contributed by atoms with E-state index in [0.717, 1.165) is 16.5 Å². The van der Waals surface area contributed by atoms with Crippen LogP contribution in [-0.4, -0.2) is 29.4 Å². The third-order valence-electron chi connectivity index (χ3n) is 3.57. The normalized spacial score (nSPS) is 13.0. The van der Waals surface area contributed by atoms with E-state index in [4.69, 9.17) is 5.11 Å². The van der Waals surface area contributed by atoms with E-state index in [-0.39, 0.29) is 24.8 Å². The van der Waals surface area contributed by atoms with Crippen LogP contribution in [0.25, 0.3) is 0 Å². The first-order chi connectivity index (χ1) is 11.3. The van der Waals surface area contributed by atoms with Crippen LogP contribution in [0.1, 0.15) is 44.7 Å². The molecule has 2 unspecified atom stereocenters. The summed E-state index contributed by atoms with van der Waals surface area (Å²) in [6.45, 7) is 3.39. The van der Waals surface area contributed by atoms with Crippen molar-refractivity contribution in [3.05, 3.63) is 34.3 Å². The Labute approximate surface area is 150 Å². The quantitative estimate of drug-likeness (QED) is 0.595. The van der Waals surface area contributed by atoms with Crippen molar-refractivity contribution >= 4 is 33.7 Å². The van der Waals surface area contributed by atoms with Crippen LogP contribution in [0.15, 0.2) is 28.7 Å². The molecule has 6 nitrogen and oxygen atoms in total. The minimum Gasteiger partial charge on any atom is -0.481 e. The molecular weight excluding hydrogens is 376 g/mol. The molecule has 0 aliphatic heterocycles. The number of carbonyl (C=O) groups excluding carboxylic acids is 2. The number of hydrogen-bond donors (Lipinski definition) is 3. The van der Waals surface area contributed by atoms with E-state index < -0.39 is 17.9 Å². The summed E-state index contributed by atoms with van der Waals surface area (Å²) in [5, 5.41) is 14.5. The lowest BCUT2D eigenvalue weighted by atomic mass is 10.0. The van der Waals surface area contributed by atoms with E-state index >= 15 is 0 Å². The number of carboxylic acid groups (broad SMARTS) is 1. The van der Waals surface area contributed by atoms with Crippen LogP contribution < -0.4 is 10.6 Å². The van der Waals surface area contributed by atoms with Gasteiger partial charge in [-0.3, -0.25) is 14.4 Å². The van der Waals surface area contributed by atoms with E-state index in [1.54, 1.807) is 0 Å². The SMILES string of the molecule is CCCC(CNC(=O)CC(NC(C)=O)c1ccc(Br)cc1)C(=O)O. The summed E-state index contributed by atoms with van der Waals surface area (Å²) in [5.41, 5.74) is 0.812. The highest BCUT2D eigenvalue weighted by atomic mass is 79.9. The molecular formula is C17H23BrN2O4. The van der Waals surface area contributed by atoms with Crippen molar-refractivity contribution in [3.63, 3.8) is 0 Å². The molecule has 1 aromatic rings. The molecule has 0 spiro atoms. The van der Waals surface area contributed by atoms with Crippen molar-refractivity contribution in [1.82, 2.24) is 10.6 Å². The standard InChI is InChI=1S/C17H23BrN2O4/c1-3-4-13(17(23)24)10-19-16(22)9-15(20-11(2)21)12-5-7-14(18)8-6-12/h5-8,13,15H,3-4,9-10H2,1-2H3,(H,19,22)(H,20,21)(H,23,24). The van der Waals surface area contributed by atoms with Gasteiger partial charge in [0.05, 0.1) is 18.4 Å². The van der Waals surface area contributed by atoms with Gasteiger partial charge in [-0.15, -0.1) is 0 Å². The molecule has 0 aliphatic rings. The molecule has 0 aromatic heterocycles. The molecule has 2 amide bonds. The predicted octanol–water partition coefficient (Wildman–Crippen LogP) is 2.63. The average molecular weight is 399 g/mol. The zero-order valence-corrected chi connectivity index (χ0v) is 15.4. The smallest absolute Gasteiger partial charge is 0.308 e. The number of rotatable bonds is 9. The first-order valence-corrected chi connectivity index (χ1v) is 8.64. The molecule has 3 N–H and O–H groups in total. The molecule has 1 aromatic carbocycles. The van der Waals surface area contributed by atoms with Crippen LogP contribution in [0, 0.1) is 5.92 Å². The zero-order valence-electron chi connectivity index (χ0n) is 13.8. The van der Waals surface area contributed by atoms with Crippen LogP contribution >= 0.6 is 15.9 Å². The number of amides is 2. The number of aliphatic carboxylic acids is 1. The second kappa shape index (κ2) is 10.1. The Kier molecular flexibility index (Phi) is 8.46. The topological polar surface area (TPSA) is 95.5 Å². The van der Waals surface area contributed by atoms with Crippen LogP contribution in [-0.2, 0) is 14.4 Å². The molecule has 0 radical (unpaired) electrons. The largest absolute Gasteiger partial charge is 0.481 e. The molecule has 24 heavy (non-hydrogen) atoms. The Morgan fingerprint density at radius 2 is 1.83 bits per heavy atom. The van der Waals surface area contributed by atoms with Crippen molar-refractivity contribution in [1.29, 1.82) is 0 Å². The van der Waals surface area contributed by atoms with E-state index in [9.17, 15) is 14.4 Å². The molecule has 0 saturated heterocycles. The number of carbonyl (C=O) groups is 3. The summed E-state index contributed by atoms with van der Waals surface area (Å²) in [5.74, 6) is -2.03. The van der Waals surface area contributed by atoms with Gasteiger partial charge in [-0.1, -0.05) is 41.4 Å². The predicted molar refractivity (Wildman–Crippen MR) is 94.4 cm³/mol. The number of nitrogens with one attached hydrogen (secondary N) is 2. The Morgan fingerprint density at radius 1 is 1.21 bits per heavy atom. The van der Waals surface area contributed by atoms with Crippen LogP contribution in [0.3, 0.4) is 0 Å². The van der Waals surface area contributed by atoms with Gasteiger partial charge in [0.1, 0.15) is 0 Å². The summed E-state index contributed by atoms with van der Waals surface area (Å²) in [6, 6.07) is 6.88. The number of carboxylic acids is 1. The average Bonchev–Trinajstić information content (AvgIpc) is 2.50. The number of halogens is 1. The van der Waals surface area contributed by atoms with Crippen LogP contribution in [0.5, 0.6) is 0 Å². The zero-order chi connectivity index (χ0) is 18.1. The second-order valence-electron chi connectivity index (χ2n) is 5.64. The molecule has 0 saturated carbocycles. The van der Waals surface area contributed by atoms with Crippen molar-refractivity contribution in [2.24, 2.45) is 5.92 Å². The minimum atomic E-state index is -0.913. The van der Waals surface area contributed by atoms with Gasteiger partial charge in [0, 0.05) is 17.9 Å². The van der Waals surface area contributed by atoms with Gasteiger partial charge in [-0.05, 0) is 24.1 Å². The number of hydrogen-bond acceptors (Lipinski definition) is 3. The maximum atomic E-state index is 12.1. The van der Waals surface area contributed by atoms with Gasteiger partial charge >= 0.3 is 5.97 Å². The highest BCUT2D eigenvalue weighted by Gasteiger charge is 2.20. The lowest BCUT2D eigenvalue weighted by Gasteiger charge is -2.19. The van der Waals surface area contributed by atoms with E-state index in [1.165, 1.54) is 6.92 Å². The van der Waals surface area contributed by atoms with Crippen molar-refractivity contribution < 1.29 is 19.5 Å². The first kappa shape index (κ1) is 20.2. The van der Waals surface area contributed by atoms with Crippen LogP contribution in [0.4, 0.5) is 0 Å². The van der Waals surface area contributed by atoms with Crippen LogP contribution in [0.2, 0.25) is 0 Å². The first-order valence-electron chi connectivity index (χ1n) is 7.85. The lowest BCUT2D eigenvalue weighted by Crippen LogP contribution is -2.36. The fourth-order valence-electron chi connectivity index (χ4n) is 2.35. The van der Waals surface area contributed by atoms with Gasteiger partial charge in [-0.2, -0.15) is 0 Å². The van der Waals surface area contributed by atoms with Gasteiger partial charge in [-0.25, -0.2) is 0 Å². The Balaban J connectivity index is 2.68. The van der Waals surface area contributed by atoms with Gasteiger partial charge < -0.3 is 15.7 Å². The summed E-state index contributed by atoms with van der Waals surface area (Å²) in [7, 11) is 0. The highest BCUT2D eigenvalue weighted by Crippen LogP contribution is 2.20. The van der Waals surface area contributed by atoms with Crippen molar-refractivity contribution in [2.45, 2.75) is 39.2 Å². The lowest BCUT2D eigenvalue weighted by molar-refractivity contribution is -0.142. The van der Waals surface area contributed by atoms with E-state index in [1.807, 2.05) is 31.2 Å². The Hall–Kier alpha value is -1.89. The highest BCUT2D eigenvalue weighted by molar-refractivity contribution is 9.10. The molecule has 0 aliphatic carbocycles. The Bertz CT molecular complexity index is 574. The maximum absolute atomic E-state index is 12.1. The monoisotopic (exact) mass is 398 g/mol. The summed E-state index contributed by atoms with van der Waals surface area (Å²) in [4.78, 5) is 34.6. The second-order valence-corrected chi connectivity index (χ2v) is 6.55. The summed E-state index contributed by atoms with van der Waals surface area (Å²) >= 11 is 3.34. The fourth-order valence-corrected chi connectivity index (χ4v) is 2.61. The molecule has 0 heterocycles. The molecule has 2 atom stereocenters. The molecule has 0 bridgehead atoms. The molecule has 0 fully saturated rings. The van der Waals surface area contributed by atoms with E-state index in [2.05, 4.69) is 26.6 Å². The molecule has 1 rings (SSSR count). The van der Waals surface area contributed by atoms with E-state index in [0.29, 0.717) is 6.42 Å². The van der Waals surface area contributed by atoms with Gasteiger partial charge in [0.25, 0.3) is 0 Å². The summed E-state index contributed by atoms with van der Waals surface area (Å²) < 4.78 is 0.904. The molecule has 7 heteroatoms. The minimum absolute atomic E-state index is 0.0552. The third-order valence-corrected chi connectivity index (χ3v) is 4.10. The molecule has 132 valence electrons.